The van der Waals surface area contributed by atoms with Crippen molar-refractivity contribution in [1.82, 2.24) is 9.88 Å². The van der Waals surface area contributed by atoms with E-state index in [4.69, 9.17) is 16.6 Å². The monoisotopic (exact) mass is 460 g/mol. The normalized spacial score (nSPS) is 11.3. The van der Waals surface area contributed by atoms with Gasteiger partial charge in [-0.3, -0.25) is 19.8 Å². The number of halogens is 1. The summed E-state index contributed by atoms with van der Waals surface area (Å²) in [7, 11) is 0. The minimum Gasteiger partial charge on any atom is -0.302 e. The zero-order valence-corrected chi connectivity index (χ0v) is 19.4. The number of aryl methyl sites for hydroxylation is 1. The fourth-order valence-electron chi connectivity index (χ4n) is 3.32. The fraction of sp³-hybridized carbons (Fsp3) is 0.364. The van der Waals surface area contributed by atoms with Gasteiger partial charge in [0.05, 0.1) is 26.6 Å². The van der Waals surface area contributed by atoms with Crippen molar-refractivity contribution in [1.29, 1.82) is 0 Å². The van der Waals surface area contributed by atoms with Gasteiger partial charge in [-0.1, -0.05) is 55.0 Å². The van der Waals surface area contributed by atoms with Gasteiger partial charge >= 0.3 is 0 Å². The van der Waals surface area contributed by atoms with E-state index in [0.29, 0.717) is 16.7 Å². The number of amides is 1. The van der Waals surface area contributed by atoms with Crippen molar-refractivity contribution in [3.05, 3.63) is 62.7 Å². The lowest BCUT2D eigenvalue weighted by atomic mass is 10.1. The Balaban J connectivity index is 1.90. The molecule has 0 radical (unpaired) electrons. The van der Waals surface area contributed by atoms with Crippen molar-refractivity contribution in [3.8, 4) is 0 Å². The van der Waals surface area contributed by atoms with Gasteiger partial charge in [-0.15, -0.1) is 0 Å². The van der Waals surface area contributed by atoms with Crippen molar-refractivity contribution < 1.29 is 9.72 Å². The van der Waals surface area contributed by atoms with Crippen molar-refractivity contribution in [2.45, 2.75) is 27.2 Å². The number of nitro benzene ring substituents is 1. The van der Waals surface area contributed by atoms with Crippen LogP contribution in [0, 0.1) is 17.0 Å². The van der Waals surface area contributed by atoms with Gasteiger partial charge in [0, 0.05) is 25.2 Å². The first kappa shape index (κ1) is 23.1. The number of hydrogen-bond donors (Lipinski definition) is 0. The van der Waals surface area contributed by atoms with E-state index in [-0.39, 0.29) is 18.0 Å². The lowest BCUT2D eigenvalue weighted by Crippen LogP contribution is -2.39. The average Bonchev–Trinajstić information content (AvgIpc) is 3.20. The van der Waals surface area contributed by atoms with Crippen LogP contribution in [0.5, 0.6) is 0 Å². The third kappa shape index (κ3) is 5.39. The van der Waals surface area contributed by atoms with Crippen LogP contribution in [0.4, 0.5) is 10.8 Å². The Morgan fingerprint density at radius 1 is 1.13 bits per heavy atom. The molecule has 0 unspecified atom stereocenters. The molecule has 1 aromatic heterocycles. The minimum absolute atomic E-state index is 0.00544. The Kier molecular flexibility index (Phi) is 7.59. The summed E-state index contributed by atoms with van der Waals surface area (Å²) >= 11 is 7.79. The van der Waals surface area contributed by atoms with E-state index in [2.05, 4.69) is 18.7 Å². The highest BCUT2D eigenvalue weighted by atomic mass is 35.5. The molecule has 0 aliphatic carbocycles. The maximum Gasteiger partial charge on any atom is 0.269 e. The van der Waals surface area contributed by atoms with E-state index < -0.39 is 4.92 Å². The summed E-state index contributed by atoms with van der Waals surface area (Å²) in [5.74, 6) is -0.103. The van der Waals surface area contributed by atoms with Crippen LogP contribution in [0.25, 0.3) is 10.2 Å². The molecule has 0 bridgehead atoms. The molecule has 2 aromatic carbocycles. The molecule has 0 saturated carbocycles. The SMILES string of the molecule is CCN(CC)CCN(C(=O)Cc1ccc([N+](=O)[O-])cc1)c1nc2c(C)ccc(Cl)c2s1. The van der Waals surface area contributed by atoms with Gasteiger partial charge in [0.1, 0.15) is 0 Å². The third-order valence-electron chi connectivity index (χ3n) is 5.25. The minimum atomic E-state index is -0.449. The molecule has 0 aliphatic heterocycles. The molecule has 164 valence electrons. The summed E-state index contributed by atoms with van der Waals surface area (Å²) in [6.45, 7) is 9.17. The van der Waals surface area contributed by atoms with E-state index in [9.17, 15) is 14.9 Å². The zero-order chi connectivity index (χ0) is 22.5. The Morgan fingerprint density at radius 2 is 1.81 bits per heavy atom. The predicted molar refractivity (Wildman–Crippen MR) is 126 cm³/mol. The number of thiazole rings is 1. The summed E-state index contributed by atoms with van der Waals surface area (Å²) < 4.78 is 0.868. The number of hydrogen-bond acceptors (Lipinski definition) is 6. The second-order valence-corrected chi connectivity index (χ2v) is 8.60. The van der Waals surface area contributed by atoms with Gasteiger partial charge in [0.2, 0.25) is 5.91 Å². The van der Waals surface area contributed by atoms with E-state index in [1.54, 1.807) is 17.0 Å². The van der Waals surface area contributed by atoms with Crippen LogP contribution >= 0.6 is 22.9 Å². The number of aromatic nitrogens is 1. The topological polar surface area (TPSA) is 79.6 Å². The number of carbonyl (C=O) groups excluding carboxylic acids is 1. The maximum atomic E-state index is 13.3. The van der Waals surface area contributed by atoms with E-state index in [1.165, 1.54) is 23.5 Å². The number of carbonyl (C=O) groups is 1. The first-order chi connectivity index (χ1) is 14.8. The van der Waals surface area contributed by atoms with Crippen LogP contribution in [-0.4, -0.2) is 46.9 Å². The first-order valence-electron chi connectivity index (χ1n) is 10.2. The Labute approximate surface area is 190 Å². The Hall–Kier alpha value is -2.55. The molecule has 0 atom stereocenters. The van der Waals surface area contributed by atoms with E-state index >= 15 is 0 Å². The van der Waals surface area contributed by atoms with Crippen LogP contribution < -0.4 is 4.90 Å². The number of non-ortho nitro benzene ring substituents is 1. The molecular formula is C22H25ClN4O3S. The highest BCUT2D eigenvalue weighted by molar-refractivity contribution is 7.23. The number of nitro groups is 1. The van der Waals surface area contributed by atoms with Gasteiger partial charge in [-0.25, -0.2) is 4.98 Å². The summed E-state index contributed by atoms with van der Waals surface area (Å²) in [5, 5.41) is 12.1. The summed E-state index contributed by atoms with van der Waals surface area (Å²) in [6, 6.07) is 9.86. The summed E-state index contributed by atoms with van der Waals surface area (Å²) in [4.78, 5) is 32.4. The summed E-state index contributed by atoms with van der Waals surface area (Å²) in [5.41, 5.74) is 2.54. The predicted octanol–water partition coefficient (Wildman–Crippen LogP) is 5.08. The standard InChI is InChI=1S/C22H25ClN4O3S/c1-4-25(5-2)12-13-26(19(28)14-16-7-9-17(10-8-16)27(29)30)22-24-20-15(3)6-11-18(23)21(20)31-22/h6-11H,4-5,12-14H2,1-3H3. The number of likely N-dealkylation sites (N-methyl/N-ethyl adjacent to an activating group) is 1. The van der Waals surface area contributed by atoms with Gasteiger partial charge in [-0.2, -0.15) is 0 Å². The molecule has 3 rings (SSSR count). The molecular weight excluding hydrogens is 436 g/mol. The molecule has 0 N–H and O–H groups in total. The van der Waals surface area contributed by atoms with E-state index in [0.717, 1.165) is 41.0 Å². The average molecular weight is 461 g/mol. The molecule has 31 heavy (non-hydrogen) atoms. The lowest BCUT2D eigenvalue weighted by molar-refractivity contribution is -0.384. The number of anilines is 1. The van der Waals surface area contributed by atoms with Gasteiger partial charge < -0.3 is 4.90 Å². The highest BCUT2D eigenvalue weighted by Crippen LogP contribution is 2.35. The fourth-order valence-corrected chi connectivity index (χ4v) is 4.68. The first-order valence-corrected chi connectivity index (χ1v) is 11.3. The molecule has 0 aliphatic rings. The quantitative estimate of drug-likeness (QED) is 0.328. The highest BCUT2D eigenvalue weighted by Gasteiger charge is 2.22. The third-order valence-corrected chi connectivity index (χ3v) is 6.79. The molecule has 3 aromatic rings. The van der Waals surface area contributed by atoms with Crippen LogP contribution in [0.3, 0.4) is 0 Å². The van der Waals surface area contributed by atoms with Gasteiger partial charge in [-0.05, 0) is 37.2 Å². The largest absolute Gasteiger partial charge is 0.302 e. The maximum absolute atomic E-state index is 13.3. The van der Waals surface area contributed by atoms with Gasteiger partial charge in [0.25, 0.3) is 5.69 Å². The van der Waals surface area contributed by atoms with Crippen LogP contribution in [-0.2, 0) is 11.2 Å². The van der Waals surface area contributed by atoms with Crippen molar-refractivity contribution in [2.24, 2.45) is 0 Å². The second kappa shape index (κ2) is 10.2. The number of rotatable bonds is 9. The smallest absolute Gasteiger partial charge is 0.269 e. The molecule has 0 spiro atoms. The van der Waals surface area contributed by atoms with Crippen molar-refractivity contribution in [2.75, 3.05) is 31.1 Å². The number of nitrogens with zero attached hydrogens (tertiary/aromatic N) is 4. The van der Waals surface area contributed by atoms with Crippen molar-refractivity contribution in [3.63, 3.8) is 0 Å². The van der Waals surface area contributed by atoms with Crippen molar-refractivity contribution >= 4 is 49.9 Å². The Morgan fingerprint density at radius 3 is 2.39 bits per heavy atom. The molecule has 0 fully saturated rings. The zero-order valence-electron chi connectivity index (χ0n) is 17.8. The second-order valence-electron chi connectivity index (χ2n) is 7.21. The molecule has 0 saturated heterocycles. The van der Waals surface area contributed by atoms with Crippen LogP contribution in [0.2, 0.25) is 5.02 Å². The molecule has 1 heterocycles. The Bertz CT molecular complexity index is 1040. The lowest BCUT2D eigenvalue weighted by Gasteiger charge is -2.24. The van der Waals surface area contributed by atoms with E-state index in [1.807, 2.05) is 19.1 Å². The van der Waals surface area contributed by atoms with Crippen LogP contribution in [0.15, 0.2) is 36.4 Å². The number of fused-ring (bicyclic) bond motifs is 1. The van der Waals surface area contributed by atoms with Gasteiger partial charge in [0.15, 0.2) is 5.13 Å². The number of benzene rings is 2. The summed E-state index contributed by atoms with van der Waals surface area (Å²) in [6.07, 6.45) is 0.138. The van der Waals surface area contributed by atoms with Crippen LogP contribution in [0.1, 0.15) is 25.0 Å². The molecule has 7 nitrogen and oxygen atoms in total. The molecule has 1 amide bonds. The molecule has 9 heteroatoms.